The average molecular weight is 692 g/mol. The quantitative estimate of drug-likeness (QED) is 0.174. The predicted molar refractivity (Wildman–Crippen MR) is 225 cm³/mol. The van der Waals surface area contributed by atoms with Crippen molar-refractivity contribution in [3.05, 3.63) is 149 Å². The van der Waals surface area contributed by atoms with Gasteiger partial charge in [-0.05, 0) is 137 Å². The second-order valence-electron chi connectivity index (χ2n) is 17.5. The van der Waals surface area contributed by atoms with Gasteiger partial charge in [-0.1, -0.05) is 143 Å². The summed E-state index contributed by atoms with van der Waals surface area (Å²) in [5.74, 6) is 1.29. The minimum absolute atomic E-state index is 0.00434. The molecule has 6 aromatic carbocycles. The number of rotatable bonds is 5. The van der Waals surface area contributed by atoms with E-state index >= 15 is 0 Å². The van der Waals surface area contributed by atoms with E-state index in [0.717, 1.165) is 0 Å². The molecule has 1 nitrogen and oxygen atoms in total. The fourth-order valence-corrected chi connectivity index (χ4v) is 11.8. The van der Waals surface area contributed by atoms with Crippen LogP contribution in [0.15, 0.2) is 115 Å². The van der Waals surface area contributed by atoms with E-state index in [9.17, 15) is 0 Å². The number of nitrogens with zero attached hydrogens (tertiary/aromatic N) is 1. The number of benzene rings is 6. The van der Waals surface area contributed by atoms with Crippen molar-refractivity contribution in [1.29, 1.82) is 0 Å². The third-order valence-corrected chi connectivity index (χ3v) is 14.4. The zero-order valence-corrected chi connectivity index (χ0v) is 32.1. The first kappa shape index (κ1) is 33.0. The first-order chi connectivity index (χ1) is 25.9. The van der Waals surface area contributed by atoms with Gasteiger partial charge in [0, 0.05) is 21.9 Å². The zero-order chi connectivity index (χ0) is 35.9. The van der Waals surface area contributed by atoms with Crippen molar-refractivity contribution >= 4 is 27.8 Å². The third kappa shape index (κ3) is 4.81. The number of hydrogen-bond acceptors (Lipinski definition) is 1. The third-order valence-electron chi connectivity index (χ3n) is 14.4. The van der Waals surface area contributed by atoms with Gasteiger partial charge in [0.25, 0.3) is 0 Å². The molecule has 0 amide bonds. The second kappa shape index (κ2) is 12.5. The minimum Gasteiger partial charge on any atom is -0.310 e. The topological polar surface area (TPSA) is 3.24 Å². The fraction of sp³-hybridized carbons (Fsp3) is 0.346. The van der Waals surface area contributed by atoms with Gasteiger partial charge in [-0.3, -0.25) is 0 Å². The van der Waals surface area contributed by atoms with Crippen LogP contribution >= 0.6 is 0 Å². The molecule has 0 atom stereocenters. The molecule has 0 unspecified atom stereocenters. The van der Waals surface area contributed by atoms with Crippen LogP contribution in [0.4, 0.5) is 17.1 Å². The van der Waals surface area contributed by atoms with Crippen molar-refractivity contribution in [2.24, 2.45) is 11.8 Å². The average Bonchev–Trinajstić information content (AvgIpc) is 3.61. The lowest BCUT2D eigenvalue weighted by Crippen LogP contribution is -2.44. The van der Waals surface area contributed by atoms with Crippen LogP contribution in [0.25, 0.3) is 33.0 Å². The van der Waals surface area contributed by atoms with Crippen molar-refractivity contribution in [3.63, 3.8) is 0 Å². The van der Waals surface area contributed by atoms with Gasteiger partial charge in [0.15, 0.2) is 0 Å². The van der Waals surface area contributed by atoms with Gasteiger partial charge in [-0.25, -0.2) is 0 Å². The predicted octanol–water partition coefficient (Wildman–Crippen LogP) is 14.7. The SMILES string of the molecule is Cc1cc2c(cc1C)C(C1CCCCC1)(C1CCCCC1)c1c-2cccc1N(c1ccc2c(c1)C(C)(C)c1ccccc1-2)c1cccc2ccccc12. The summed E-state index contributed by atoms with van der Waals surface area (Å²) >= 11 is 0. The maximum Gasteiger partial charge on any atom is 0.0540 e. The lowest BCUT2D eigenvalue weighted by atomic mass is 9.54. The second-order valence-corrected chi connectivity index (χ2v) is 17.5. The van der Waals surface area contributed by atoms with Gasteiger partial charge in [-0.2, -0.15) is 0 Å². The summed E-state index contributed by atoms with van der Waals surface area (Å²) in [5.41, 5.74) is 18.6. The smallest absolute Gasteiger partial charge is 0.0540 e. The molecule has 0 aliphatic heterocycles. The van der Waals surface area contributed by atoms with Gasteiger partial charge < -0.3 is 4.90 Å². The lowest BCUT2D eigenvalue weighted by molar-refractivity contribution is 0.138. The summed E-state index contributed by atoms with van der Waals surface area (Å²) in [6.07, 6.45) is 13.5. The Morgan fingerprint density at radius 1 is 0.491 bits per heavy atom. The van der Waals surface area contributed by atoms with Crippen molar-refractivity contribution in [2.45, 2.75) is 103 Å². The van der Waals surface area contributed by atoms with Crippen LogP contribution < -0.4 is 4.90 Å². The first-order valence-electron chi connectivity index (χ1n) is 20.7. The molecular weight excluding hydrogens is 639 g/mol. The Balaban J connectivity index is 1.30. The van der Waals surface area contributed by atoms with E-state index in [1.165, 1.54) is 137 Å². The molecule has 10 rings (SSSR count). The van der Waals surface area contributed by atoms with Crippen molar-refractivity contribution < 1.29 is 0 Å². The van der Waals surface area contributed by atoms with Crippen LogP contribution in [-0.2, 0) is 10.8 Å². The number of fused-ring (bicyclic) bond motifs is 7. The van der Waals surface area contributed by atoms with Crippen molar-refractivity contribution in [3.8, 4) is 22.3 Å². The van der Waals surface area contributed by atoms with Crippen LogP contribution in [0, 0.1) is 25.7 Å². The van der Waals surface area contributed by atoms with Crippen molar-refractivity contribution in [2.75, 3.05) is 4.90 Å². The number of anilines is 3. The van der Waals surface area contributed by atoms with Gasteiger partial charge in [0.05, 0.1) is 11.4 Å². The molecule has 1 heteroatoms. The van der Waals surface area contributed by atoms with E-state index in [4.69, 9.17) is 0 Å². The fourth-order valence-electron chi connectivity index (χ4n) is 11.8. The van der Waals surface area contributed by atoms with Gasteiger partial charge in [0.2, 0.25) is 0 Å². The maximum absolute atomic E-state index is 2.70. The van der Waals surface area contributed by atoms with Gasteiger partial charge >= 0.3 is 0 Å². The monoisotopic (exact) mass is 691 g/mol. The normalized spacial score (nSPS) is 18.7. The summed E-state index contributed by atoms with van der Waals surface area (Å²) in [4.78, 5) is 2.70. The lowest BCUT2D eigenvalue weighted by Gasteiger charge is -2.50. The van der Waals surface area contributed by atoms with Crippen LogP contribution in [0.1, 0.15) is 111 Å². The molecule has 0 heterocycles. The Bertz CT molecular complexity index is 2360. The van der Waals surface area contributed by atoms with E-state index in [-0.39, 0.29) is 10.8 Å². The highest BCUT2D eigenvalue weighted by molar-refractivity contribution is 6.01. The number of hydrogen-bond donors (Lipinski definition) is 0. The van der Waals surface area contributed by atoms with E-state index in [1.807, 2.05) is 0 Å². The van der Waals surface area contributed by atoms with E-state index in [0.29, 0.717) is 11.8 Å². The molecule has 0 spiro atoms. The van der Waals surface area contributed by atoms with Gasteiger partial charge in [-0.15, -0.1) is 0 Å². The minimum atomic E-state index is -0.0791. The maximum atomic E-state index is 2.70. The highest BCUT2D eigenvalue weighted by Gasteiger charge is 2.55. The molecule has 4 aliphatic rings. The molecule has 0 radical (unpaired) electrons. The zero-order valence-electron chi connectivity index (χ0n) is 32.1. The summed E-state index contributed by atoms with van der Waals surface area (Å²) in [6, 6.07) is 45.0. The highest BCUT2D eigenvalue weighted by Crippen LogP contribution is 2.65. The Hall–Kier alpha value is -4.62. The standard InChI is InChI=1S/C52H53N/c1-34-31-44-43-25-16-28-49(50(43)52(47(44)32-35(34)2,37-19-7-5-8-20-37)38-21-9-6-10-22-38)53(48-27-15-18-36-17-11-12-23-40(36)48)39-29-30-42-41-24-13-14-26-45(41)51(3,4)46(42)33-39/h11-18,23-33,37-38H,5-10,19-22H2,1-4H3. The van der Waals surface area contributed by atoms with Crippen LogP contribution in [0.3, 0.4) is 0 Å². The molecule has 0 bridgehead atoms. The summed E-state index contributed by atoms with van der Waals surface area (Å²) in [6.45, 7) is 9.52. The van der Waals surface area contributed by atoms with E-state index < -0.39 is 0 Å². The Labute approximate surface area is 317 Å². The van der Waals surface area contributed by atoms with Crippen LogP contribution in [0.5, 0.6) is 0 Å². The Morgan fingerprint density at radius 3 is 1.87 bits per heavy atom. The molecule has 0 N–H and O–H groups in total. The Morgan fingerprint density at radius 2 is 1.09 bits per heavy atom. The first-order valence-corrected chi connectivity index (χ1v) is 20.7. The highest BCUT2D eigenvalue weighted by atomic mass is 15.1. The summed E-state index contributed by atoms with van der Waals surface area (Å²) < 4.78 is 0. The van der Waals surface area contributed by atoms with Crippen LogP contribution in [-0.4, -0.2) is 0 Å². The molecule has 2 fully saturated rings. The van der Waals surface area contributed by atoms with Crippen LogP contribution in [0.2, 0.25) is 0 Å². The van der Waals surface area contributed by atoms with Crippen molar-refractivity contribution in [1.82, 2.24) is 0 Å². The van der Waals surface area contributed by atoms with Gasteiger partial charge in [0.1, 0.15) is 0 Å². The molecule has 53 heavy (non-hydrogen) atoms. The molecule has 0 saturated heterocycles. The largest absolute Gasteiger partial charge is 0.310 e. The summed E-state index contributed by atoms with van der Waals surface area (Å²) in [7, 11) is 0. The molecule has 0 aromatic heterocycles. The van der Waals surface area contributed by atoms with E-state index in [1.54, 1.807) is 11.1 Å². The molecular formula is C52H53N. The Kier molecular flexibility index (Phi) is 7.77. The molecule has 6 aromatic rings. The van der Waals surface area contributed by atoms with E-state index in [2.05, 4.69) is 148 Å². The molecule has 4 aliphatic carbocycles. The summed E-state index contributed by atoms with van der Waals surface area (Å²) in [5, 5.41) is 2.59. The number of aryl methyl sites for hydroxylation is 2. The molecule has 266 valence electrons. The molecule has 2 saturated carbocycles.